The topological polar surface area (TPSA) is 102 Å². The number of phenolic OH excluding ortho intramolecular Hbond substituents is 1. The second kappa shape index (κ2) is 12.6. The van der Waals surface area contributed by atoms with Gasteiger partial charge in [-0.05, 0) is 66.6 Å². The maximum absolute atomic E-state index is 14.3. The number of aromatic hydroxyl groups is 1. The summed E-state index contributed by atoms with van der Waals surface area (Å²) in [7, 11) is 0. The molecule has 1 atom stereocenters. The number of carbonyl (C=O) groups is 1. The Balaban J connectivity index is 1.57. The van der Waals surface area contributed by atoms with Crippen molar-refractivity contribution in [3.63, 3.8) is 0 Å². The Bertz CT molecular complexity index is 2190. The van der Waals surface area contributed by atoms with Crippen molar-refractivity contribution in [1.82, 2.24) is 4.57 Å². The number of anilines is 1. The molecule has 4 aromatic carbocycles. The average Bonchev–Trinajstić information content (AvgIpc) is 3.35. The van der Waals surface area contributed by atoms with Crippen molar-refractivity contribution < 1.29 is 19.4 Å². The minimum atomic E-state index is -0.850. The lowest BCUT2D eigenvalue weighted by molar-refractivity contribution is -0.113. The predicted molar refractivity (Wildman–Crippen MR) is 176 cm³/mol. The predicted octanol–water partition coefficient (Wildman–Crippen LogP) is 5.14. The molecule has 1 aliphatic heterocycles. The Morgan fingerprint density at radius 2 is 1.84 bits per heavy atom. The molecule has 1 amide bonds. The van der Waals surface area contributed by atoms with Gasteiger partial charge >= 0.3 is 0 Å². The third kappa shape index (κ3) is 5.71. The second-order valence-corrected chi connectivity index (χ2v) is 11.3. The van der Waals surface area contributed by atoms with Crippen LogP contribution in [0.25, 0.3) is 16.8 Å². The highest BCUT2D eigenvalue weighted by atomic mass is 32.1. The Morgan fingerprint density at radius 1 is 1.07 bits per heavy atom. The van der Waals surface area contributed by atoms with E-state index in [1.54, 1.807) is 37.3 Å². The van der Waals surface area contributed by atoms with Gasteiger partial charge in [0.15, 0.2) is 16.3 Å². The molecule has 1 aromatic heterocycles. The molecule has 0 bridgehead atoms. The van der Waals surface area contributed by atoms with Gasteiger partial charge in [-0.2, -0.15) is 0 Å². The van der Waals surface area contributed by atoms with Gasteiger partial charge in [-0.15, -0.1) is 6.42 Å². The van der Waals surface area contributed by atoms with Crippen molar-refractivity contribution >= 4 is 39.8 Å². The van der Waals surface area contributed by atoms with Crippen molar-refractivity contribution in [3.8, 4) is 29.6 Å². The molecule has 8 nitrogen and oxygen atoms in total. The van der Waals surface area contributed by atoms with Gasteiger partial charge in [0, 0.05) is 11.3 Å². The van der Waals surface area contributed by atoms with Crippen LogP contribution in [0.5, 0.6) is 17.2 Å². The highest BCUT2D eigenvalue weighted by molar-refractivity contribution is 7.07. The lowest BCUT2D eigenvalue weighted by Crippen LogP contribution is -2.40. The van der Waals surface area contributed by atoms with E-state index in [-0.39, 0.29) is 23.7 Å². The largest absolute Gasteiger partial charge is 0.504 e. The third-order valence-corrected chi connectivity index (χ3v) is 8.40. The number of hydrogen-bond acceptors (Lipinski definition) is 7. The van der Waals surface area contributed by atoms with Crippen molar-refractivity contribution in [2.24, 2.45) is 4.99 Å². The van der Waals surface area contributed by atoms with Crippen LogP contribution in [0.4, 0.5) is 5.69 Å². The normalized spacial score (nSPS) is 14.4. The monoisotopic (exact) mass is 615 g/mol. The van der Waals surface area contributed by atoms with Gasteiger partial charge in [-0.3, -0.25) is 14.2 Å². The first-order valence-electron chi connectivity index (χ1n) is 14.3. The molecule has 224 valence electrons. The number of thiazole rings is 1. The SMILES string of the molecule is C#CCOc1ccc2ccccc2c1/C=c1\sc2n(c1=O)[C@@H](c1ccc(O)c(OCC)c1)C(C(=O)Nc1ccccc1)=C(C)N=2. The zero-order chi connectivity index (χ0) is 31.5. The molecule has 6 rings (SSSR count). The number of ether oxygens (including phenoxy) is 2. The number of fused-ring (bicyclic) bond motifs is 2. The van der Waals surface area contributed by atoms with Crippen LogP contribution < -0.4 is 29.7 Å². The molecule has 45 heavy (non-hydrogen) atoms. The Labute approximate surface area is 263 Å². The fourth-order valence-electron chi connectivity index (χ4n) is 5.42. The molecule has 5 aromatic rings. The number of allylic oxidation sites excluding steroid dienone is 1. The zero-order valence-corrected chi connectivity index (χ0v) is 25.4. The second-order valence-electron chi connectivity index (χ2n) is 10.3. The number of amides is 1. The van der Waals surface area contributed by atoms with Crippen molar-refractivity contribution in [2.45, 2.75) is 19.9 Å². The molecular formula is C36H29N3O5S. The van der Waals surface area contributed by atoms with Gasteiger partial charge in [0.05, 0.1) is 28.5 Å². The maximum atomic E-state index is 14.3. The lowest BCUT2D eigenvalue weighted by Gasteiger charge is -2.26. The standard InChI is InChI=1S/C36H29N3O5S/c1-4-19-44-29-18-16-23-11-9-10-14-26(23)27(29)21-31-35(42)39-33(24-15-17-28(40)30(20-24)43-5-2)32(22(3)37-36(39)45-31)34(41)38-25-12-7-6-8-13-25/h1,6-18,20-21,33,40H,5,19H2,2-3H3,(H,38,41)/b31-21-/t33-/m0/s1. The van der Waals surface area contributed by atoms with E-state index < -0.39 is 11.9 Å². The van der Waals surface area contributed by atoms with Crippen LogP contribution in [-0.4, -0.2) is 28.8 Å². The summed E-state index contributed by atoms with van der Waals surface area (Å²) in [5, 5.41) is 15.3. The number of rotatable bonds is 8. The molecule has 0 aliphatic carbocycles. The van der Waals surface area contributed by atoms with Crippen LogP contribution in [0, 0.1) is 12.3 Å². The molecule has 0 radical (unpaired) electrons. The molecule has 0 spiro atoms. The number of terminal acetylenes is 1. The van der Waals surface area contributed by atoms with Crippen LogP contribution >= 0.6 is 11.3 Å². The molecule has 1 aliphatic rings. The van der Waals surface area contributed by atoms with Gasteiger partial charge in [0.1, 0.15) is 12.4 Å². The quantitative estimate of drug-likeness (QED) is 0.235. The van der Waals surface area contributed by atoms with Gasteiger partial charge in [0.25, 0.3) is 11.5 Å². The summed E-state index contributed by atoms with van der Waals surface area (Å²) in [5.74, 6) is 2.86. The van der Waals surface area contributed by atoms with Crippen LogP contribution in [-0.2, 0) is 4.79 Å². The van der Waals surface area contributed by atoms with Crippen LogP contribution in [0.15, 0.2) is 106 Å². The summed E-state index contributed by atoms with van der Waals surface area (Å²) in [6.07, 6.45) is 7.27. The van der Waals surface area contributed by atoms with E-state index in [1.807, 2.05) is 61.5 Å². The molecule has 0 unspecified atom stereocenters. The fraction of sp³-hybridized carbons (Fsp3) is 0.139. The summed E-state index contributed by atoms with van der Waals surface area (Å²) < 4.78 is 13.5. The van der Waals surface area contributed by atoms with Crippen LogP contribution in [0.1, 0.15) is 31.0 Å². The molecule has 0 saturated carbocycles. The van der Waals surface area contributed by atoms with Crippen LogP contribution in [0.2, 0.25) is 0 Å². The fourth-order valence-corrected chi connectivity index (χ4v) is 6.45. The third-order valence-electron chi connectivity index (χ3n) is 7.41. The van der Waals surface area contributed by atoms with E-state index in [4.69, 9.17) is 20.9 Å². The molecular weight excluding hydrogens is 586 g/mol. The summed E-state index contributed by atoms with van der Waals surface area (Å²) in [4.78, 5) is 33.4. The van der Waals surface area contributed by atoms with Gasteiger partial charge in [-0.25, -0.2) is 4.99 Å². The number of para-hydroxylation sites is 1. The van der Waals surface area contributed by atoms with Crippen molar-refractivity contribution in [1.29, 1.82) is 0 Å². The minimum Gasteiger partial charge on any atom is -0.504 e. The lowest BCUT2D eigenvalue weighted by atomic mass is 9.94. The first-order chi connectivity index (χ1) is 21.9. The number of aromatic nitrogens is 1. The maximum Gasteiger partial charge on any atom is 0.271 e. The zero-order valence-electron chi connectivity index (χ0n) is 24.6. The van der Waals surface area contributed by atoms with E-state index in [0.717, 1.165) is 10.8 Å². The Hall–Kier alpha value is -5.59. The van der Waals surface area contributed by atoms with Crippen molar-refractivity contribution in [2.75, 3.05) is 18.5 Å². The molecule has 0 saturated heterocycles. The van der Waals surface area contributed by atoms with E-state index in [1.165, 1.54) is 22.0 Å². The first kappa shape index (κ1) is 29.5. The summed E-state index contributed by atoms with van der Waals surface area (Å²) in [5.41, 5.74) is 2.34. The van der Waals surface area contributed by atoms with E-state index in [2.05, 4.69) is 11.2 Å². The number of nitrogens with zero attached hydrogens (tertiary/aromatic N) is 2. The summed E-state index contributed by atoms with van der Waals surface area (Å²) in [6, 6.07) is 24.7. The number of nitrogens with one attached hydrogen (secondary N) is 1. The molecule has 2 N–H and O–H groups in total. The van der Waals surface area contributed by atoms with E-state index in [9.17, 15) is 14.7 Å². The number of hydrogen-bond donors (Lipinski definition) is 2. The Kier molecular flexibility index (Phi) is 8.23. The van der Waals surface area contributed by atoms with E-state index >= 15 is 0 Å². The van der Waals surface area contributed by atoms with Gasteiger partial charge in [0.2, 0.25) is 0 Å². The number of carbonyl (C=O) groups excluding carboxylic acids is 1. The highest BCUT2D eigenvalue weighted by Gasteiger charge is 2.33. The summed E-state index contributed by atoms with van der Waals surface area (Å²) in [6.45, 7) is 3.96. The smallest absolute Gasteiger partial charge is 0.271 e. The number of phenols is 1. The van der Waals surface area contributed by atoms with E-state index in [0.29, 0.717) is 49.8 Å². The summed E-state index contributed by atoms with van der Waals surface area (Å²) >= 11 is 1.22. The highest BCUT2D eigenvalue weighted by Crippen LogP contribution is 2.36. The first-order valence-corrected chi connectivity index (χ1v) is 15.1. The molecule has 0 fully saturated rings. The number of benzene rings is 4. The van der Waals surface area contributed by atoms with Gasteiger partial charge < -0.3 is 19.9 Å². The Morgan fingerprint density at radius 3 is 2.62 bits per heavy atom. The van der Waals surface area contributed by atoms with Gasteiger partial charge in [-0.1, -0.05) is 71.9 Å². The molecule has 9 heteroatoms. The van der Waals surface area contributed by atoms with Crippen molar-refractivity contribution in [3.05, 3.63) is 127 Å². The average molecular weight is 616 g/mol. The van der Waals surface area contributed by atoms with Crippen LogP contribution in [0.3, 0.4) is 0 Å². The minimum absolute atomic E-state index is 0.0422. The molecule has 2 heterocycles.